The van der Waals surface area contributed by atoms with Crippen LogP contribution in [0, 0.1) is 0 Å². The lowest BCUT2D eigenvalue weighted by Gasteiger charge is -2.30. The van der Waals surface area contributed by atoms with Crippen LogP contribution in [0.3, 0.4) is 0 Å². The first kappa shape index (κ1) is 22.5. The molecule has 0 radical (unpaired) electrons. The van der Waals surface area contributed by atoms with E-state index in [1.54, 1.807) is 54.6 Å². The maximum absolute atomic E-state index is 13.2. The quantitative estimate of drug-likeness (QED) is 0.288. The molecule has 0 fully saturated rings. The summed E-state index contributed by atoms with van der Waals surface area (Å²) in [4.78, 5) is 26.5. The molecule has 0 saturated heterocycles. The van der Waals surface area contributed by atoms with E-state index < -0.39 is 23.4 Å². The fraction of sp³-hybridized carbons (Fsp3) is 0.0833. The van der Waals surface area contributed by atoms with Gasteiger partial charge in [-0.15, -0.1) is 0 Å². The second kappa shape index (κ2) is 9.03. The molecule has 0 atom stereocenters. The molecule has 9 heteroatoms. The number of carbonyl (C=O) groups is 2. The molecule has 0 aliphatic carbocycles. The Morgan fingerprint density at radius 2 is 1.67 bits per heavy atom. The number of carbonyl (C=O) groups excluding carboxylic acids is 2. The van der Waals surface area contributed by atoms with Crippen LogP contribution in [-0.4, -0.2) is 27.6 Å². The van der Waals surface area contributed by atoms with Crippen LogP contribution in [0.4, 0.5) is 18.9 Å². The zero-order valence-corrected chi connectivity index (χ0v) is 17.8. The van der Waals surface area contributed by atoms with E-state index in [1.807, 2.05) is 0 Å². The molecule has 0 spiro atoms. The molecule has 1 amide bonds. The molecule has 5 nitrogen and oxygen atoms in total. The predicted octanol–water partition coefficient (Wildman–Crippen LogP) is 5.78. The van der Waals surface area contributed by atoms with Crippen LogP contribution in [0.25, 0.3) is 5.76 Å². The molecule has 1 heterocycles. The van der Waals surface area contributed by atoms with Crippen molar-refractivity contribution < 1.29 is 27.9 Å². The van der Waals surface area contributed by atoms with Gasteiger partial charge >= 0.3 is 6.18 Å². The summed E-state index contributed by atoms with van der Waals surface area (Å²) in [6.45, 7) is -0.382. The number of aliphatic hydroxyl groups excluding tert-OH is 1. The van der Waals surface area contributed by atoms with Gasteiger partial charge < -0.3 is 10.4 Å². The monoisotopic (exact) mass is 470 g/mol. The van der Waals surface area contributed by atoms with Crippen molar-refractivity contribution in [2.75, 3.05) is 11.9 Å². The van der Waals surface area contributed by atoms with E-state index >= 15 is 0 Å². The van der Waals surface area contributed by atoms with Gasteiger partial charge in [0.25, 0.3) is 0 Å². The summed E-state index contributed by atoms with van der Waals surface area (Å²) in [5, 5.41) is 13.3. The van der Waals surface area contributed by atoms with Gasteiger partial charge in [0.05, 0.1) is 5.56 Å². The predicted molar refractivity (Wildman–Crippen MR) is 119 cm³/mol. The third-order valence-electron chi connectivity index (χ3n) is 4.84. The van der Waals surface area contributed by atoms with Gasteiger partial charge in [0, 0.05) is 21.7 Å². The number of alkyl halides is 3. The van der Waals surface area contributed by atoms with Crippen molar-refractivity contribution in [1.29, 1.82) is 0 Å². The Morgan fingerprint density at radius 1 is 0.970 bits per heavy atom. The number of rotatable bonds is 4. The lowest BCUT2D eigenvalue weighted by atomic mass is 10.0. The molecule has 0 bridgehead atoms. The van der Waals surface area contributed by atoms with E-state index in [9.17, 15) is 27.9 Å². The van der Waals surface area contributed by atoms with Gasteiger partial charge in [0.1, 0.15) is 12.2 Å². The van der Waals surface area contributed by atoms with Crippen molar-refractivity contribution in [2.24, 2.45) is 0 Å². The summed E-state index contributed by atoms with van der Waals surface area (Å²) in [6, 6.07) is 19.5. The van der Waals surface area contributed by atoms with Crippen molar-refractivity contribution >= 4 is 35.1 Å². The number of anilines is 1. The Bertz CT molecular complexity index is 1240. The van der Waals surface area contributed by atoms with Crippen LogP contribution in [0.5, 0.6) is 0 Å². The molecule has 168 valence electrons. The van der Waals surface area contributed by atoms with E-state index in [4.69, 9.17) is 0 Å². The van der Waals surface area contributed by atoms with Crippen LogP contribution in [0.1, 0.15) is 21.5 Å². The Labute approximate surface area is 191 Å². The number of amides is 1. The van der Waals surface area contributed by atoms with Crippen LogP contribution >= 0.6 is 11.9 Å². The number of nitrogens with zero attached hydrogens (tertiary/aromatic N) is 1. The van der Waals surface area contributed by atoms with Crippen molar-refractivity contribution in [3.63, 3.8) is 0 Å². The van der Waals surface area contributed by atoms with Gasteiger partial charge in [-0.1, -0.05) is 48.5 Å². The molecule has 2 N–H and O–H groups in total. The number of hydrogen-bond donors (Lipinski definition) is 2. The van der Waals surface area contributed by atoms with Crippen LogP contribution in [-0.2, 0) is 11.0 Å². The SMILES string of the molecule is O=C(CN1Sc2ccccc2C(=O)C1=C(O)c1ccccc1)Nc1cccc(C(F)(F)F)c1. The second-order valence-electron chi connectivity index (χ2n) is 7.14. The lowest BCUT2D eigenvalue weighted by Crippen LogP contribution is -2.34. The van der Waals surface area contributed by atoms with Gasteiger partial charge in [-0.2, -0.15) is 13.2 Å². The first-order chi connectivity index (χ1) is 15.7. The number of aliphatic hydroxyl groups is 1. The van der Waals surface area contributed by atoms with Crippen molar-refractivity contribution in [1.82, 2.24) is 4.31 Å². The van der Waals surface area contributed by atoms with Gasteiger partial charge in [0.15, 0.2) is 5.76 Å². The summed E-state index contributed by atoms with van der Waals surface area (Å²) in [7, 11) is 0. The van der Waals surface area contributed by atoms with E-state index in [1.165, 1.54) is 16.4 Å². The maximum atomic E-state index is 13.2. The smallest absolute Gasteiger partial charge is 0.416 e. The standard InChI is InChI=1S/C24H17F3N2O3S/c25-24(26,27)16-9-6-10-17(13-16)28-20(30)14-29-21(22(31)15-7-2-1-3-8-15)23(32)18-11-4-5-12-19(18)33-29/h1-13,31H,14H2,(H,28,30). The normalized spacial score (nSPS) is 15.1. The van der Waals surface area contributed by atoms with Gasteiger partial charge in [-0.25, -0.2) is 0 Å². The molecule has 0 unspecified atom stereocenters. The Balaban J connectivity index is 1.65. The molecule has 1 aliphatic heterocycles. The zero-order valence-electron chi connectivity index (χ0n) is 17.0. The highest BCUT2D eigenvalue weighted by atomic mass is 32.2. The van der Waals surface area contributed by atoms with Crippen LogP contribution in [0.2, 0.25) is 0 Å². The maximum Gasteiger partial charge on any atom is 0.416 e. The summed E-state index contributed by atoms with van der Waals surface area (Å²) < 4.78 is 40.2. The highest BCUT2D eigenvalue weighted by molar-refractivity contribution is 7.97. The molecule has 4 rings (SSSR count). The van der Waals surface area contributed by atoms with Gasteiger partial charge in [-0.3, -0.25) is 13.9 Å². The first-order valence-electron chi connectivity index (χ1n) is 9.79. The highest BCUT2D eigenvalue weighted by Gasteiger charge is 2.34. The summed E-state index contributed by atoms with van der Waals surface area (Å²) in [5.41, 5.74) is -0.219. The topological polar surface area (TPSA) is 69.6 Å². The zero-order chi connectivity index (χ0) is 23.6. The molecular formula is C24H17F3N2O3S. The second-order valence-corrected chi connectivity index (χ2v) is 8.21. The number of fused-ring (bicyclic) bond motifs is 1. The van der Waals surface area contributed by atoms with Crippen LogP contribution < -0.4 is 5.32 Å². The number of allylic oxidation sites excluding steroid dienone is 1. The minimum absolute atomic E-state index is 0.0265. The lowest BCUT2D eigenvalue weighted by molar-refractivity contribution is -0.137. The largest absolute Gasteiger partial charge is 0.505 e. The highest BCUT2D eigenvalue weighted by Crippen LogP contribution is 2.39. The molecule has 3 aromatic carbocycles. The number of Topliss-reactive ketones (excluding diaryl/α,β-unsaturated/α-hetero) is 1. The third-order valence-corrected chi connectivity index (χ3v) is 5.92. The van der Waals surface area contributed by atoms with Gasteiger partial charge in [-0.05, 0) is 42.3 Å². The third kappa shape index (κ3) is 4.88. The Kier molecular flexibility index (Phi) is 6.15. The van der Waals surface area contributed by atoms with E-state index in [0.717, 1.165) is 24.1 Å². The minimum atomic E-state index is -4.54. The molecular weight excluding hydrogens is 453 g/mol. The van der Waals surface area contributed by atoms with Crippen LogP contribution in [0.15, 0.2) is 89.5 Å². The van der Waals surface area contributed by atoms with E-state index in [2.05, 4.69) is 5.32 Å². The fourth-order valence-corrected chi connectivity index (χ4v) is 4.39. The number of benzene rings is 3. The number of ketones is 1. The number of nitrogens with one attached hydrogen (secondary N) is 1. The van der Waals surface area contributed by atoms with Crippen molar-refractivity contribution in [2.45, 2.75) is 11.1 Å². The number of hydrogen-bond acceptors (Lipinski definition) is 5. The van der Waals surface area contributed by atoms with Crippen molar-refractivity contribution in [3.05, 3.63) is 101 Å². The first-order valence-corrected chi connectivity index (χ1v) is 10.6. The van der Waals surface area contributed by atoms with E-state index in [0.29, 0.717) is 16.0 Å². The molecule has 1 aliphatic rings. The fourth-order valence-electron chi connectivity index (χ4n) is 3.31. The molecule has 0 aromatic heterocycles. The Hall–Kier alpha value is -3.72. The summed E-state index contributed by atoms with van der Waals surface area (Å²) in [5.74, 6) is -1.40. The molecule has 3 aromatic rings. The van der Waals surface area contributed by atoms with E-state index in [-0.39, 0.29) is 23.7 Å². The minimum Gasteiger partial charge on any atom is -0.505 e. The van der Waals surface area contributed by atoms with Gasteiger partial charge in [0.2, 0.25) is 11.7 Å². The average Bonchev–Trinajstić information content (AvgIpc) is 2.79. The van der Waals surface area contributed by atoms with Crippen molar-refractivity contribution in [3.8, 4) is 0 Å². The summed E-state index contributed by atoms with van der Waals surface area (Å²) >= 11 is 1.09. The number of halogens is 3. The average molecular weight is 470 g/mol. The summed E-state index contributed by atoms with van der Waals surface area (Å²) in [6.07, 6.45) is -4.54. The Morgan fingerprint density at radius 3 is 2.39 bits per heavy atom. The molecule has 33 heavy (non-hydrogen) atoms. The molecule has 0 saturated carbocycles.